The second kappa shape index (κ2) is 4.27. The van der Waals surface area contributed by atoms with E-state index in [0.29, 0.717) is 16.9 Å². The summed E-state index contributed by atoms with van der Waals surface area (Å²) in [6.45, 7) is 2.52. The van der Waals surface area contributed by atoms with Gasteiger partial charge in [-0.25, -0.2) is 0 Å². The molecule has 0 saturated heterocycles. The van der Waals surface area contributed by atoms with E-state index in [1.807, 2.05) is 0 Å². The molecular weight excluding hydrogens is 218 g/mol. The molecule has 1 heteroatoms. The Morgan fingerprint density at radius 3 is 2.50 bits per heavy atom. The van der Waals surface area contributed by atoms with Gasteiger partial charge in [0.15, 0.2) is 0 Å². The van der Waals surface area contributed by atoms with E-state index in [2.05, 4.69) is 12.8 Å². The maximum Gasteiger partial charge on any atom is 0.00963 e. The van der Waals surface area contributed by atoms with E-state index in [9.17, 15) is 0 Å². The molecule has 0 aliphatic heterocycles. The molecule has 4 fully saturated rings. The fourth-order valence-electron chi connectivity index (χ4n) is 5.96. The van der Waals surface area contributed by atoms with Crippen LogP contribution in [-0.4, -0.2) is 6.04 Å². The van der Waals surface area contributed by atoms with Crippen LogP contribution in [0.1, 0.15) is 64.7 Å². The molecule has 18 heavy (non-hydrogen) atoms. The lowest BCUT2D eigenvalue weighted by Gasteiger charge is -2.63. The second-order valence-corrected chi connectivity index (χ2v) is 7.84. The molecular formula is C17H27N. The van der Waals surface area contributed by atoms with Gasteiger partial charge in [-0.15, -0.1) is 12.3 Å². The molecule has 4 bridgehead atoms. The van der Waals surface area contributed by atoms with Crippen molar-refractivity contribution in [3.05, 3.63) is 0 Å². The Morgan fingerprint density at radius 2 is 1.94 bits per heavy atom. The van der Waals surface area contributed by atoms with E-state index < -0.39 is 0 Å². The SMILES string of the molecule is C#CCCCC(N)C12CC3CC(CC(C)(C3)C1)C2. The zero-order valence-corrected chi connectivity index (χ0v) is 11.8. The van der Waals surface area contributed by atoms with Crippen molar-refractivity contribution in [3.8, 4) is 12.3 Å². The largest absolute Gasteiger partial charge is 0.327 e. The van der Waals surface area contributed by atoms with Gasteiger partial charge in [0.1, 0.15) is 0 Å². The molecule has 3 unspecified atom stereocenters. The zero-order chi connectivity index (χ0) is 12.8. The minimum Gasteiger partial charge on any atom is -0.327 e. The lowest BCUT2D eigenvalue weighted by molar-refractivity contribution is -0.113. The van der Waals surface area contributed by atoms with Gasteiger partial charge in [0.2, 0.25) is 0 Å². The molecule has 0 spiro atoms. The monoisotopic (exact) mass is 245 g/mol. The van der Waals surface area contributed by atoms with Crippen molar-refractivity contribution in [1.82, 2.24) is 0 Å². The quantitative estimate of drug-likeness (QED) is 0.593. The summed E-state index contributed by atoms with van der Waals surface area (Å²) >= 11 is 0. The smallest absolute Gasteiger partial charge is 0.00963 e. The number of unbranched alkanes of at least 4 members (excludes halogenated alkanes) is 1. The number of terminal acetylenes is 1. The van der Waals surface area contributed by atoms with Crippen LogP contribution in [0.15, 0.2) is 0 Å². The van der Waals surface area contributed by atoms with Gasteiger partial charge in [0.05, 0.1) is 0 Å². The number of nitrogens with two attached hydrogens (primary N) is 1. The van der Waals surface area contributed by atoms with Crippen molar-refractivity contribution in [1.29, 1.82) is 0 Å². The maximum atomic E-state index is 6.60. The van der Waals surface area contributed by atoms with Gasteiger partial charge in [-0.05, 0) is 74.0 Å². The molecule has 1 nitrogen and oxygen atoms in total. The average molecular weight is 245 g/mol. The third-order valence-corrected chi connectivity index (χ3v) is 6.02. The molecule has 4 rings (SSSR count). The highest BCUT2D eigenvalue weighted by atomic mass is 14.7. The van der Waals surface area contributed by atoms with E-state index in [1.54, 1.807) is 0 Å². The summed E-state index contributed by atoms with van der Waals surface area (Å²) in [6, 6.07) is 0.399. The van der Waals surface area contributed by atoms with Crippen LogP contribution in [0.25, 0.3) is 0 Å². The fraction of sp³-hybridized carbons (Fsp3) is 0.882. The molecule has 2 N–H and O–H groups in total. The Kier molecular flexibility index (Phi) is 2.98. The molecule has 4 saturated carbocycles. The summed E-state index contributed by atoms with van der Waals surface area (Å²) in [5.74, 6) is 4.71. The normalized spacial score (nSPS) is 46.9. The zero-order valence-electron chi connectivity index (χ0n) is 11.8. The Morgan fingerprint density at radius 1 is 1.28 bits per heavy atom. The highest BCUT2D eigenvalue weighted by Crippen LogP contribution is 2.66. The predicted molar refractivity (Wildman–Crippen MR) is 75.9 cm³/mol. The molecule has 100 valence electrons. The van der Waals surface area contributed by atoms with Crippen LogP contribution in [0.4, 0.5) is 0 Å². The third-order valence-electron chi connectivity index (χ3n) is 6.02. The summed E-state index contributed by atoms with van der Waals surface area (Å²) in [4.78, 5) is 0. The lowest BCUT2D eigenvalue weighted by Crippen LogP contribution is -2.57. The topological polar surface area (TPSA) is 26.0 Å². The molecule has 4 aliphatic rings. The summed E-state index contributed by atoms with van der Waals surface area (Å²) in [5.41, 5.74) is 7.70. The van der Waals surface area contributed by atoms with Crippen LogP contribution in [0, 0.1) is 35.0 Å². The standard InChI is InChI=1S/C17H27N/c1-3-4-5-6-15(18)17-10-13-7-14(11-17)9-16(2,8-13)12-17/h1,13-15H,4-12,18H2,2H3. The van der Waals surface area contributed by atoms with Crippen molar-refractivity contribution < 1.29 is 0 Å². The first kappa shape index (κ1) is 12.5. The van der Waals surface area contributed by atoms with Crippen molar-refractivity contribution >= 4 is 0 Å². The molecule has 0 aromatic carbocycles. The van der Waals surface area contributed by atoms with Gasteiger partial charge in [-0.3, -0.25) is 0 Å². The first-order chi connectivity index (χ1) is 8.55. The van der Waals surface area contributed by atoms with Gasteiger partial charge in [-0.1, -0.05) is 6.92 Å². The Hall–Kier alpha value is -0.480. The van der Waals surface area contributed by atoms with Gasteiger partial charge in [0.25, 0.3) is 0 Å². The lowest BCUT2D eigenvalue weighted by atomic mass is 9.43. The molecule has 3 atom stereocenters. The minimum absolute atomic E-state index is 0.399. The Labute approximate surface area is 112 Å². The van der Waals surface area contributed by atoms with E-state index in [4.69, 9.17) is 12.2 Å². The van der Waals surface area contributed by atoms with Gasteiger partial charge >= 0.3 is 0 Å². The molecule has 0 radical (unpaired) electrons. The Balaban J connectivity index is 1.72. The van der Waals surface area contributed by atoms with E-state index in [-0.39, 0.29) is 0 Å². The van der Waals surface area contributed by atoms with E-state index >= 15 is 0 Å². The highest BCUT2D eigenvalue weighted by molar-refractivity contribution is 5.09. The van der Waals surface area contributed by atoms with Crippen molar-refractivity contribution in [2.24, 2.45) is 28.4 Å². The van der Waals surface area contributed by atoms with Crippen LogP contribution in [0.2, 0.25) is 0 Å². The van der Waals surface area contributed by atoms with Crippen LogP contribution in [0.3, 0.4) is 0 Å². The highest BCUT2D eigenvalue weighted by Gasteiger charge is 2.57. The van der Waals surface area contributed by atoms with Crippen LogP contribution in [-0.2, 0) is 0 Å². The van der Waals surface area contributed by atoms with E-state index in [1.165, 1.54) is 38.5 Å². The van der Waals surface area contributed by atoms with Crippen LogP contribution >= 0.6 is 0 Å². The first-order valence-corrected chi connectivity index (χ1v) is 7.74. The minimum atomic E-state index is 0.399. The molecule has 4 aliphatic carbocycles. The summed E-state index contributed by atoms with van der Waals surface area (Å²) < 4.78 is 0. The van der Waals surface area contributed by atoms with Crippen molar-refractivity contribution in [2.45, 2.75) is 70.8 Å². The molecule has 0 aromatic rings. The van der Waals surface area contributed by atoms with E-state index in [0.717, 1.165) is 31.1 Å². The second-order valence-electron chi connectivity index (χ2n) is 7.84. The molecule has 0 amide bonds. The summed E-state index contributed by atoms with van der Waals surface area (Å²) in [7, 11) is 0. The van der Waals surface area contributed by atoms with Gasteiger partial charge in [0, 0.05) is 12.5 Å². The van der Waals surface area contributed by atoms with Crippen molar-refractivity contribution in [3.63, 3.8) is 0 Å². The maximum absolute atomic E-state index is 6.60. The van der Waals surface area contributed by atoms with Crippen LogP contribution < -0.4 is 5.73 Å². The molecule has 0 aromatic heterocycles. The predicted octanol–water partition coefficient (Wildman–Crippen LogP) is 3.72. The first-order valence-electron chi connectivity index (χ1n) is 7.74. The third kappa shape index (κ3) is 1.99. The number of hydrogen-bond acceptors (Lipinski definition) is 1. The average Bonchev–Trinajstić information content (AvgIpc) is 2.25. The van der Waals surface area contributed by atoms with Gasteiger partial charge in [-0.2, -0.15) is 0 Å². The van der Waals surface area contributed by atoms with Crippen molar-refractivity contribution in [2.75, 3.05) is 0 Å². The summed E-state index contributed by atoms with van der Waals surface area (Å²) in [6.07, 6.45) is 17.2. The number of hydrogen-bond donors (Lipinski definition) is 1. The number of rotatable bonds is 4. The summed E-state index contributed by atoms with van der Waals surface area (Å²) in [5, 5.41) is 0. The fourth-order valence-corrected chi connectivity index (χ4v) is 5.96. The Bertz CT molecular complexity index is 350. The van der Waals surface area contributed by atoms with Gasteiger partial charge < -0.3 is 5.73 Å². The molecule has 0 heterocycles. The van der Waals surface area contributed by atoms with Crippen LogP contribution in [0.5, 0.6) is 0 Å².